The van der Waals surface area contributed by atoms with Crippen LogP contribution >= 0.6 is 0 Å². The van der Waals surface area contributed by atoms with Crippen molar-refractivity contribution in [2.24, 2.45) is 0 Å². The van der Waals surface area contributed by atoms with E-state index in [1.54, 1.807) is 0 Å². The smallest absolute Gasteiger partial charge is 0.263 e. The van der Waals surface area contributed by atoms with Gasteiger partial charge in [-0.1, -0.05) is 0 Å². The third-order valence-electron chi connectivity index (χ3n) is 1.59. The number of alkyl halides is 1. The molecule has 66 valence electrons. The Hall–Kier alpha value is -0.270. The highest BCUT2D eigenvalue weighted by atomic mass is 19.2. The SMILES string of the molecule is OC[C@]1(F)O[C@@H](O)[C@H](O)[C@@H]1O. The molecule has 0 saturated carbocycles. The zero-order valence-corrected chi connectivity index (χ0v) is 5.51. The quantitative estimate of drug-likeness (QED) is 0.354. The maximum Gasteiger partial charge on any atom is 0.263 e. The molecule has 0 aliphatic carbocycles. The van der Waals surface area contributed by atoms with Gasteiger partial charge in [-0.15, -0.1) is 0 Å². The molecule has 0 aromatic carbocycles. The van der Waals surface area contributed by atoms with Crippen LogP contribution in [0.1, 0.15) is 0 Å². The van der Waals surface area contributed by atoms with Gasteiger partial charge >= 0.3 is 0 Å². The van der Waals surface area contributed by atoms with Crippen molar-refractivity contribution in [1.82, 2.24) is 0 Å². The van der Waals surface area contributed by atoms with Crippen LogP contribution in [0.15, 0.2) is 0 Å². The summed E-state index contributed by atoms with van der Waals surface area (Å²) in [7, 11) is 0. The summed E-state index contributed by atoms with van der Waals surface area (Å²) in [6.07, 6.45) is -5.42. The maximum atomic E-state index is 12.9. The van der Waals surface area contributed by atoms with Crippen molar-refractivity contribution in [3.8, 4) is 0 Å². The monoisotopic (exact) mass is 168 g/mol. The summed E-state index contributed by atoms with van der Waals surface area (Å²) >= 11 is 0. The van der Waals surface area contributed by atoms with E-state index >= 15 is 0 Å². The van der Waals surface area contributed by atoms with E-state index in [9.17, 15) is 4.39 Å². The zero-order valence-electron chi connectivity index (χ0n) is 5.51. The molecule has 1 aliphatic rings. The largest absolute Gasteiger partial charge is 0.390 e. The number of halogens is 1. The fraction of sp³-hybridized carbons (Fsp3) is 1.00. The highest BCUT2D eigenvalue weighted by Gasteiger charge is 2.54. The first-order valence-corrected chi connectivity index (χ1v) is 3.03. The molecule has 4 N–H and O–H groups in total. The second kappa shape index (κ2) is 2.65. The summed E-state index contributed by atoms with van der Waals surface area (Å²) in [5.41, 5.74) is 0. The van der Waals surface area contributed by atoms with Crippen LogP contribution in [0, 0.1) is 0 Å². The Bertz CT molecular complexity index is 154. The number of aliphatic hydroxyl groups is 4. The van der Waals surface area contributed by atoms with Gasteiger partial charge in [-0.25, -0.2) is 4.39 Å². The van der Waals surface area contributed by atoms with Crippen molar-refractivity contribution >= 4 is 0 Å². The lowest BCUT2D eigenvalue weighted by Gasteiger charge is -2.18. The van der Waals surface area contributed by atoms with Crippen molar-refractivity contribution < 1.29 is 29.6 Å². The minimum Gasteiger partial charge on any atom is -0.390 e. The predicted molar refractivity (Wildman–Crippen MR) is 30.0 cm³/mol. The molecule has 1 rings (SSSR count). The number of ether oxygens (including phenoxy) is 1. The summed E-state index contributed by atoms with van der Waals surface area (Å²) in [4.78, 5) is 0. The molecule has 0 unspecified atom stereocenters. The van der Waals surface area contributed by atoms with Crippen molar-refractivity contribution in [1.29, 1.82) is 0 Å². The minimum atomic E-state index is -2.75. The van der Waals surface area contributed by atoms with Gasteiger partial charge in [0.25, 0.3) is 5.85 Å². The van der Waals surface area contributed by atoms with E-state index in [2.05, 4.69) is 4.74 Å². The van der Waals surface area contributed by atoms with Crippen LogP contribution in [0.25, 0.3) is 0 Å². The Morgan fingerprint density at radius 2 is 1.91 bits per heavy atom. The predicted octanol–water partition coefficient (Wildman–Crippen LogP) is -2.29. The Labute approximate surface area is 61.6 Å². The van der Waals surface area contributed by atoms with Crippen molar-refractivity contribution in [3.63, 3.8) is 0 Å². The first-order chi connectivity index (χ1) is 5.01. The first-order valence-electron chi connectivity index (χ1n) is 3.03. The molecular formula is C5H9FO5. The number of rotatable bonds is 1. The summed E-state index contributed by atoms with van der Waals surface area (Å²) in [6, 6.07) is 0. The van der Waals surface area contributed by atoms with Gasteiger partial charge in [-0.2, -0.15) is 0 Å². The summed E-state index contributed by atoms with van der Waals surface area (Å²) in [5, 5.41) is 34.6. The average Bonchev–Trinajstić information content (AvgIpc) is 2.17. The molecule has 1 aliphatic heterocycles. The van der Waals surface area contributed by atoms with Gasteiger partial charge in [0.1, 0.15) is 18.8 Å². The standard InChI is InChI=1S/C5H9FO5/c6-5(1-7)3(9)2(8)4(10)11-5/h2-4,7-10H,1H2/t2-,3+,4-,5+/m1/s1. The fourth-order valence-electron chi connectivity index (χ4n) is 0.882. The average molecular weight is 168 g/mol. The van der Waals surface area contributed by atoms with Crippen molar-refractivity contribution in [3.05, 3.63) is 0 Å². The van der Waals surface area contributed by atoms with Crippen LogP contribution in [-0.2, 0) is 4.74 Å². The number of hydrogen-bond acceptors (Lipinski definition) is 5. The van der Waals surface area contributed by atoms with Crippen LogP contribution in [0.3, 0.4) is 0 Å². The van der Waals surface area contributed by atoms with E-state index < -0.39 is 31.0 Å². The van der Waals surface area contributed by atoms with Crippen molar-refractivity contribution in [2.45, 2.75) is 24.4 Å². The molecule has 0 amide bonds. The highest BCUT2D eigenvalue weighted by molar-refractivity contribution is 4.91. The lowest BCUT2D eigenvalue weighted by Crippen LogP contribution is -2.42. The first kappa shape index (κ1) is 8.82. The second-order valence-corrected chi connectivity index (χ2v) is 2.39. The van der Waals surface area contributed by atoms with Gasteiger partial charge in [0.05, 0.1) is 0 Å². The van der Waals surface area contributed by atoms with Crippen LogP contribution in [-0.4, -0.2) is 51.4 Å². The van der Waals surface area contributed by atoms with Gasteiger partial charge < -0.3 is 25.2 Å². The van der Waals surface area contributed by atoms with Crippen LogP contribution in [0.5, 0.6) is 0 Å². The van der Waals surface area contributed by atoms with Gasteiger partial charge in [0.15, 0.2) is 6.29 Å². The van der Waals surface area contributed by atoms with E-state index in [-0.39, 0.29) is 0 Å². The van der Waals surface area contributed by atoms with Crippen LogP contribution in [0.4, 0.5) is 4.39 Å². The third-order valence-corrected chi connectivity index (χ3v) is 1.59. The summed E-state index contributed by atoms with van der Waals surface area (Å²) in [6.45, 7) is -1.11. The third kappa shape index (κ3) is 1.23. The molecule has 0 radical (unpaired) electrons. The van der Waals surface area contributed by atoms with E-state index in [4.69, 9.17) is 20.4 Å². The molecule has 1 heterocycles. The second-order valence-electron chi connectivity index (χ2n) is 2.39. The fourth-order valence-corrected chi connectivity index (χ4v) is 0.882. The number of aliphatic hydroxyl groups excluding tert-OH is 4. The lowest BCUT2D eigenvalue weighted by molar-refractivity contribution is -0.232. The Balaban J connectivity index is 2.73. The summed E-state index contributed by atoms with van der Waals surface area (Å²) < 4.78 is 17.0. The summed E-state index contributed by atoms with van der Waals surface area (Å²) in [5.74, 6) is -2.75. The van der Waals surface area contributed by atoms with Gasteiger partial charge in [0.2, 0.25) is 0 Å². The molecule has 0 spiro atoms. The highest BCUT2D eigenvalue weighted by Crippen LogP contribution is 2.30. The normalized spacial score (nSPS) is 51.5. The Morgan fingerprint density at radius 1 is 1.36 bits per heavy atom. The van der Waals surface area contributed by atoms with E-state index in [0.717, 1.165) is 0 Å². The molecule has 5 nitrogen and oxygen atoms in total. The van der Waals surface area contributed by atoms with E-state index in [0.29, 0.717) is 0 Å². The van der Waals surface area contributed by atoms with Gasteiger partial charge in [-0.05, 0) is 0 Å². The Morgan fingerprint density at radius 3 is 2.09 bits per heavy atom. The molecule has 0 aromatic rings. The zero-order chi connectivity index (χ0) is 8.65. The molecule has 4 atom stereocenters. The Kier molecular flexibility index (Phi) is 2.13. The van der Waals surface area contributed by atoms with Crippen LogP contribution in [0.2, 0.25) is 0 Å². The lowest BCUT2D eigenvalue weighted by atomic mass is 10.1. The molecule has 0 bridgehead atoms. The van der Waals surface area contributed by atoms with Crippen molar-refractivity contribution in [2.75, 3.05) is 6.61 Å². The molecular weight excluding hydrogens is 159 g/mol. The molecule has 11 heavy (non-hydrogen) atoms. The molecule has 1 fully saturated rings. The molecule has 0 aromatic heterocycles. The minimum absolute atomic E-state index is 1.11. The maximum absolute atomic E-state index is 12.9. The topological polar surface area (TPSA) is 90.2 Å². The van der Waals surface area contributed by atoms with E-state index in [1.165, 1.54) is 0 Å². The van der Waals surface area contributed by atoms with Crippen LogP contribution < -0.4 is 0 Å². The number of hydrogen-bond donors (Lipinski definition) is 4. The molecule has 1 saturated heterocycles. The van der Waals surface area contributed by atoms with Gasteiger partial charge in [-0.3, -0.25) is 0 Å². The van der Waals surface area contributed by atoms with E-state index in [1.807, 2.05) is 0 Å². The van der Waals surface area contributed by atoms with Gasteiger partial charge in [0, 0.05) is 0 Å². The molecule has 6 heteroatoms.